The van der Waals surface area contributed by atoms with Gasteiger partial charge in [0.2, 0.25) is 11.8 Å². The van der Waals surface area contributed by atoms with Gasteiger partial charge in [0.05, 0.1) is 10.7 Å². The monoisotopic (exact) mass is 346 g/mol. The van der Waals surface area contributed by atoms with Gasteiger partial charge in [0.1, 0.15) is 6.33 Å². The molecule has 0 bridgehead atoms. The van der Waals surface area contributed by atoms with Crippen LogP contribution in [0.5, 0.6) is 0 Å². The van der Waals surface area contributed by atoms with Gasteiger partial charge in [-0.05, 0) is 26.0 Å². The van der Waals surface area contributed by atoms with Gasteiger partial charge in [-0.2, -0.15) is 0 Å². The summed E-state index contributed by atoms with van der Waals surface area (Å²) in [5, 5.41) is 27.4. The number of benzene rings is 1. The first kappa shape index (κ1) is 16.1. The normalized spacial score (nSPS) is 11.1. The third-order valence-electron chi connectivity index (χ3n) is 3.21. The molecule has 0 radical (unpaired) electrons. The van der Waals surface area contributed by atoms with Crippen molar-refractivity contribution in [1.82, 2.24) is 25.0 Å². The lowest BCUT2D eigenvalue weighted by Gasteiger charge is -2.08. The van der Waals surface area contributed by atoms with E-state index in [0.29, 0.717) is 23.1 Å². The summed E-state index contributed by atoms with van der Waals surface area (Å²) in [6.07, 6.45) is 1.68. The summed E-state index contributed by atoms with van der Waals surface area (Å²) in [4.78, 5) is 10.2. The zero-order chi connectivity index (χ0) is 17.1. The van der Waals surface area contributed by atoms with Crippen LogP contribution < -0.4 is 0 Å². The molecule has 0 N–H and O–H groups in total. The van der Waals surface area contributed by atoms with Crippen LogP contribution in [0.25, 0.3) is 11.5 Å². The van der Waals surface area contributed by atoms with Gasteiger partial charge in [0.25, 0.3) is 5.69 Å². The number of aromatic nitrogens is 5. The summed E-state index contributed by atoms with van der Waals surface area (Å²) in [5.41, 5.74) is 0.650. The minimum Gasteiger partial charge on any atom is -0.420 e. The van der Waals surface area contributed by atoms with Crippen molar-refractivity contribution in [1.29, 1.82) is 0 Å². The quantitative estimate of drug-likeness (QED) is 0.380. The average Bonchev–Trinajstić information content (AvgIpc) is 3.22. The van der Waals surface area contributed by atoms with Gasteiger partial charge in [0.15, 0.2) is 5.16 Å². The Morgan fingerprint density at radius 2 is 2.00 bits per heavy atom. The summed E-state index contributed by atoms with van der Waals surface area (Å²) in [5.74, 6) is 1.24. The second-order valence-corrected chi connectivity index (χ2v) is 6.15. The lowest BCUT2D eigenvalue weighted by molar-refractivity contribution is -0.384. The van der Waals surface area contributed by atoms with Crippen molar-refractivity contribution in [3.8, 4) is 11.5 Å². The SMILES string of the molecule is CC(C)n1cnnc1SCc1nnc(-c2ccc([N+](=O)[O-])cc2)o1. The number of hydrogen-bond acceptors (Lipinski definition) is 8. The van der Waals surface area contributed by atoms with E-state index in [1.165, 1.54) is 23.9 Å². The van der Waals surface area contributed by atoms with E-state index < -0.39 is 4.92 Å². The Labute approximate surface area is 141 Å². The minimum absolute atomic E-state index is 0.0158. The molecule has 10 heteroatoms. The molecule has 2 aromatic heterocycles. The standard InChI is InChI=1S/C14H14N6O3S/c1-9(2)19-8-15-18-14(19)24-7-12-16-17-13(23-12)10-3-5-11(6-4-10)20(21)22/h3-6,8-9H,7H2,1-2H3. The molecule has 0 aliphatic heterocycles. The molecule has 0 amide bonds. The highest BCUT2D eigenvalue weighted by Crippen LogP contribution is 2.25. The number of non-ortho nitro benzene ring substituents is 1. The van der Waals surface area contributed by atoms with Gasteiger partial charge in [0, 0.05) is 23.7 Å². The van der Waals surface area contributed by atoms with Gasteiger partial charge < -0.3 is 8.98 Å². The second-order valence-electron chi connectivity index (χ2n) is 5.21. The highest BCUT2D eigenvalue weighted by molar-refractivity contribution is 7.98. The molecule has 0 fully saturated rings. The van der Waals surface area contributed by atoms with Crippen LogP contribution in [0.4, 0.5) is 5.69 Å². The Morgan fingerprint density at radius 1 is 1.25 bits per heavy atom. The van der Waals surface area contributed by atoms with Gasteiger partial charge in [-0.15, -0.1) is 20.4 Å². The van der Waals surface area contributed by atoms with Crippen LogP contribution in [0.1, 0.15) is 25.8 Å². The van der Waals surface area contributed by atoms with E-state index in [-0.39, 0.29) is 11.7 Å². The molecule has 0 unspecified atom stereocenters. The number of rotatable bonds is 6. The molecule has 0 aliphatic rings. The van der Waals surface area contributed by atoms with E-state index in [1.54, 1.807) is 18.5 Å². The van der Waals surface area contributed by atoms with Crippen LogP contribution in [0.3, 0.4) is 0 Å². The molecule has 0 atom stereocenters. The molecule has 2 heterocycles. The Bertz CT molecular complexity index is 842. The molecule has 0 spiro atoms. The molecular formula is C14H14N6O3S. The number of nitrogens with zero attached hydrogens (tertiary/aromatic N) is 6. The van der Waals surface area contributed by atoms with E-state index >= 15 is 0 Å². The second kappa shape index (κ2) is 6.79. The maximum atomic E-state index is 10.7. The van der Waals surface area contributed by atoms with Crippen LogP contribution >= 0.6 is 11.8 Å². The molecule has 1 aromatic carbocycles. The van der Waals surface area contributed by atoms with Crippen molar-refractivity contribution < 1.29 is 9.34 Å². The Balaban J connectivity index is 1.69. The Kier molecular flexibility index (Phi) is 4.56. The zero-order valence-electron chi connectivity index (χ0n) is 13.0. The fourth-order valence-electron chi connectivity index (χ4n) is 1.97. The fourth-order valence-corrected chi connectivity index (χ4v) is 2.85. The number of nitro benzene ring substituents is 1. The van der Waals surface area contributed by atoms with Gasteiger partial charge in [-0.3, -0.25) is 10.1 Å². The third-order valence-corrected chi connectivity index (χ3v) is 4.16. The smallest absolute Gasteiger partial charge is 0.269 e. The fraction of sp³-hybridized carbons (Fsp3) is 0.286. The molecule has 0 saturated carbocycles. The van der Waals surface area contributed by atoms with Crippen LogP contribution in [0.15, 0.2) is 40.2 Å². The van der Waals surface area contributed by atoms with Crippen molar-refractivity contribution in [2.45, 2.75) is 30.8 Å². The summed E-state index contributed by atoms with van der Waals surface area (Å²) < 4.78 is 7.55. The Morgan fingerprint density at radius 3 is 2.67 bits per heavy atom. The molecule has 24 heavy (non-hydrogen) atoms. The predicted molar refractivity (Wildman–Crippen MR) is 86.4 cm³/mol. The molecule has 3 rings (SSSR count). The van der Waals surface area contributed by atoms with Crippen LogP contribution in [-0.2, 0) is 5.75 Å². The van der Waals surface area contributed by atoms with Crippen molar-refractivity contribution in [3.63, 3.8) is 0 Å². The summed E-state index contributed by atoms with van der Waals surface area (Å²) in [6, 6.07) is 6.23. The molecular weight excluding hydrogens is 332 g/mol. The summed E-state index contributed by atoms with van der Waals surface area (Å²) >= 11 is 1.45. The first-order valence-electron chi connectivity index (χ1n) is 7.14. The third kappa shape index (κ3) is 3.43. The average molecular weight is 346 g/mol. The molecule has 0 aliphatic carbocycles. The van der Waals surface area contributed by atoms with Crippen LogP contribution in [-0.4, -0.2) is 29.9 Å². The van der Waals surface area contributed by atoms with Gasteiger partial charge in [-0.25, -0.2) is 0 Å². The number of thioether (sulfide) groups is 1. The molecule has 9 nitrogen and oxygen atoms in total. The first-order valence-corrected chi connectivity index (χ1v) is 8.12. The lowest BCUT2D eigenvalue weighted by Crippen LogP contribution is -2.00. The van der Waals surface area contributed by atoms with Crippen molar-refractivity contribution in [3.05, 3.63) is 46.6 Å². The summed E-state index contributed by atoms with van der Waals surface area (Å²) in [7, 11) is 0. The Hall–Kier alpha value is -2.75. The summed E-state index contributed by atoms with van der Waals surface area (Å²) in [6.45, 7) is 4.10. The number of hydrogen-bond donors (Lipinski definition) is 0. The minimum atomic E-state index is -0.454. The topological polar surface area (TPSA) is 113 Å². The highest BCUT2D eigenvalue weighted by atomic mass is 32.2. The maximum Gasteiger partial charge on any atom is 0.269 e. The van der Waals surface area contributed by atoms with Crippen LogP contribution in [0, 0.1) is 10.1 Å². The van der Waals surface area contributed by atoms with Crippen molar-refractivity contribution in [2.24, 2.45) is 0 Å². The molecule has 124 valence electrons. The molecule has 0 saturated heterocycles. The van der Waals surface area contributed by atoms with E-state index in [9.17, 15) is 10.1 Å². The zero-order valence-corrected chi connectivity index (χ0v) is 13.8. The van der Waals surface area contributed by atoms with Crippen molar-refractivity contribution in [2.75, 3.05) is 0 Å². The van der Waals surface area contributed by atoms with E-state index in [0.717, 1.165) is 5.16 Å². The van der Waals surface area contributed by atoms with Crippen molar-refractivity contribution >= 4 is 17.4 Å². The maximum absolute atomic E-state index is 10.7. The van der Waals surface area contributed by atoms with E-state index in [2.05, 4.69) is 20.4 Å². The molecule has 3 aromatic rings. The predicted octanol–water partition coefficient (Wildman–Crippen LogP) is 3.11. The van der Waals surface area contributed by atoms with E-state index in [1.807, 2.05) is 18.4 Å². The van der Waals surface area contributed by atoms with Crippen LogP contribution in [0.2, 0.25) is 0 Å². The van der Waals surface area contributed by atoms with E-state index in [4.69, 9.17) is 4.42 Å². The van der Waals surface area contributed by atoms with Gasteiger partial charge >= 0.3 is 0 Å². The number of nitro groups is 1. The largest absolute Gasteiger partial charge is 0.420 e. The first-order chi connectivity index (χ1) is 11.5. The highest BCUT2D eigenvalue weighted by Gasteiger charge is 2.13. The van der Waals surface area contributed by atoms with Gasteiger partial charge in [-0.1, -0.05) is 11.8 Å². The lowest BCUT2D eigenvalue weighted by atomic mass is 10.2.